The monoisotopic (exact) mass is 365 g/mol. The maximum absolute atomic E-state index is 13.0. The quantitative estimate of drug-likeness (QED) is 0.765. The largest absolute Gasteiger partial charge is 0.369 e. The molecule has 1 atom stereocenters. The van der Waals surface area contributed by atoms with Gasteiger partial charge in [0.05, 0.1) is 11.7 Å². The zero-order valence-corrected chi connectivity index (χ0v) is 17.0. The van der Waals surface area contributed by atoms with E-state index in [1.165, 1.54) is 5.56 Å². The number of carbonyl (C=O) groups is 1. The average molecular weight is 366 g/mol. The number of likely N-dealkylation sites (N-methyl/N-ethyl adjacent to an activating group) is 1. The molecule has 1 aromatic rings. The summed E-state index contributed by atoms with van der Waals surface area (Å²) in [5.74, 6) is 0.0373. The van der Waals surface area contributed by atoms with Gasteiger partial charge in [-0.05, 0) is 58.0 Å². The van der Waals surface area contributed by atoms with Gasteiger partial charge < -0.3 is 14.7 Å². The van der Waals surface area contributed by atoms with Crippen LogP contribution in [0.5, 0.6) is 0 Å². The molecule has 144 valence electrons. The fourth-order valence-electron chi connectivity index (χ4n) is 3.62. The van der Waals surface area contributed by atoms with Crippen LogP contribution in [0, 0.1) is 6.92 Å². The molecule has 2 heterocycles. The van der Waals surface area contributed by atoms with Gasteiger partial charge in [-0.1, -0.05) is 35.9 Å². The summed E-state index contributed by atoms with van der Waals surface area (Å²) in [6.07, 6.45) is 9.22. The predicted octanol–water partition coefficient (Wildman–Crippen LogP) is 3.66. The van der Waals surface area contributed by atoms with Crippen molar-refractivity contribution in [3.05, 3.63) is 65.5 Å². The number of hydrogen-bond donors (Lipinski definition) is 0. The lowest BCUT2D eigenvalue weighted by Gasteiger charge is -2.32. The Balaban J connectivity index is 1.77. The molecule has 2 aliphatic rings. The van der Waals surface area contributed by atoms with E-state index in [1.807, 2.05) is 24.1 Å². The normalized spacial score (nSPS) is 21.9. The number of aryl methyl sites for hydroxylation is 1. The van der Waals surface area contributed by atoms with Gasteiger partial charge in [0.1, 0.15) is 0 Å². The number of amides is 1. The Morgan fingerprint density at radius 1 is 1.19 bits per heavy atom. The van der Waals surface area contributed by atoms with Gasteiger partial charge >= 0.3 is 0 Å². The van der Waals surface area contributed by atoms with Crippen LogP contribution in [0.3, 0.4) is 0 Å². The maximum Gasteiger partial charge on any atom is 0.251 e. The third kappa shape index (κ3) is 4.89. The van der Waals surface area contributed by atoms with Crippen LogP contribution in [0.4, 0.5) is 0 Å². The first kappa shape index (κ1) is 19.4. The van der Waals surface area contributed by atoms with Gasteiger partial charge in [0.25, 0.3) is 5.91 Å². The highest BCUT2D eigenvalue weighted by Gasteiger charge is 2.22. The second kappa shape index (κ2) is 8.57. The van der Waals surface area contributed by atoms with Crippen LogP contribution < -0.4 is 0 Å². The Morgan fingerprint density at radius 3 is 2.78 bits per heavy atom. The van der Waals surface area contributed by atoms with Gasteiger partial charge in [-0.25, -0.2) is 0 Å². The van der Waals surface area contributed by atoms with Crippen LogP contribution in [-0.2, 0) is 4.79 Å². The molecule has 0 saturated carbocycles. The summed E-state index contributed by atoms with van der Waals surface area (Å²) in [4.78, 5) is 19.6. The predicted molar refractivity (Wildman–Crippen MR) is 112 cm³/mol. The Bertz CT molecular complexity index is 778. The lowest BCUT2D eigenvalue weighted by Crippen LogP contribution is -2.37. The SMILES string of the molecule is C/C(=C\C(=O)N1C=C(N2CCCN(C)CC2)C=CC1C)c1cccc(C)c1. The molecule has 0 N–H and O–H groups in total. The molecule has 4 nitrogen and oxygen atoms in total. The van der Waals surface area contributed by atoms with Crippen molar-refractivity contribution < 1.29 is 4.79 Å². The Hall–Kier alpha value is -2.33. The molecule has 0 aliphatic carbocycles. The fourth-order valence-corrected chi connectivity index (χ4v) is 3.62. The topological polar surface area (TPSA) is 26.8 Å². The summed E-state index contributed by atoms with van der Waals surface area (Å²) in [7, 11) is 2.17. The minimum atomic E-state index is 0.0373. The van der Waals surface area contributed by atoms with Gasteiger partial charge in [0.15, 0.2) is 0 Å². The first-order valence-electron chi connectivity index (χ1n) is 9.85. The van der Waals surface area contributed by atoms with E-state index in [0.29, 0.717) is 0 Å². The summed E-state index contributed by atoms with van der Waals surface area (Å²) < 4.78 is 0. The molecule has 0 spiro atoms. The van der Waals surface area contributed by atoms with Gasteiger partial charge in [0.2, 0.25) is 0 Å². The second-order valence-electron chi connectivity index (χ2n) is 7.74. The Kier molecular flexibility index (Phi) is 6.17. The first-order valence-corrected chi connectivity index (χ1v) is 9.85. The number of allylic oxidation sites excluding steroid dienone is 2. The lowest BCUT2D eigenvalue weighted by molar-refractivity contribution is -0.124. The molecule has 4 heteroatoms. The molecule has 1 aromatic carbocycles. The van der Waals surface area contributed by atoms with E-state index < -0.39 is 0 Å². The summed E-state index contributed by atoms with van der Waals surface area (Å²) in [5, 5.41) is 0. The molecular formula is C23H31N3O. The number of carbonyl (C=O) groups excluding carboxylic acids is 1. The van der Waals surface area contributed by atoms with Crippen LogP contribution in [0.25, 0.3) is 5.57 Å². The lowest BCUT2D eigenvalue weighted by atomic mass is 10.0. The van der Waals surface area contributed by atoms with Gasteiger partial charge in [0, 0.05) is 31.9 Å². The summed E-state index contributed by atoms with van der Waals surface area (Å²) in [6.45, 7) is 10.4. The molecule has 1 saturated heterocycles. The van der Waals surface area contributed by atoms with Crippen LogP contribution in [0.2, 0.25) is 0 Å². The smallest absolute Gasteiger partial charge is 0.251 e. The van der Waals surface area contributed by atoms with Crippen molar-refractivity contribution in [1.29, 1.82) is 0 Å². The van der Waals surface area contributed by atoms with Crippen LogP contribution in [0.1, 0.15) is 31.4 Å². The number of benzene rings is 1. The van der Waals surface area contributed by atoms with Crippen LogP contribution >= 0.6 is 0 Å². The zero-order chi connectivity index (χ0) is 19.4. The van der Waals surface area contributed by atoms with Crippen molar-refractivity contribution >= 4 is 11.5 Å². The van der Waals surface area contributed by atoms with Crippen molar-refractivity contribution in [3.8, 4) is 0 Å². The van der Waals surface area contributed by atoms with Crippen molar-refractivity contribution in [2.75, 3.05) is 33.2 Å². The number of hydrogen-bond acceptors (Lipinski definition) is 3. The molecule has 0 bridgehead atoms. The standard InChI is InChI=1S/C23H31N3O/c1-18-7-5-8-21(15-18)19(2)16-23(27)26-17-22(10-9-20(26)3)25-12-6-11-24(4)13-14-25/h5,7-10,15-17,20H,6,11-14H2,1-4H3/b19-16+. The number of rotatable bonds is 3. The molecule has 1 amide bonds. The van der Waals surface area contributed by atoms with Crippen molar-refractivity contribution in [1.82, 2.24) is 14.7 Å². The molecular weight excluding hydrogens is 334 g/mol. The van der Waals surface area contributed by atoms with Crippen molar-refractivity contribution in [2.45, 2.75) is 33.2 Å². The van der Waals surface area contributed by atoms with E-state index >= 15 is 0 Å². The van der Waals surface area contributed by atoms with E-state index in [2.05, 4.69) is 61.0 Å². The third-order valence-electron chi connectivity index (χ3n) is 5.41. The van der Waals surface area contributed by atoms with Crippen molar-refractivity contribution in [3.63, 3.8) is 0 Å². The highest BCUT2D eigenvalue weighted by Crippen LogP contribution is 2.21. The van der Waals surface area contributed by atoms with Crippen molar-refractivity contribution in [2.24, 2.45) is 0 Å². The average Bonchev–Trinajstić information content (AvgIpc) is 2.86. The third-order valence-corrected chi connectivity index (χ3v) is 5.41. The fraction of sp³-hybridized carbons (Fsp3) is 0.435. The van der Waals surface area contributed by atoms with E-state index in [1.54, 1.807) is 6.08 Å². The Labute approximate surface area is 163 Å². The van der Waals surface area contributed by atoms with E-state index in [4.69, 9.17) is 0 Å². The zero-order valence-electron chi connectivity index (χ0n) is 17.0. The second-order valence-corrected chi connectivity index (χ2v) is 7.74. The molecule has 3 rings (SSSR count). The molecule has 1 fully saturated rings. The van der Waals surface area contributed by atoms with Crippen LogP contribution in [0.15, 0.2) is 54.4 Å². The summed E-state index contributed by atoms with van der Waals surface area (Å²) in [6, 6.07) is 8.35. The van der Waals surface area contributed by atoms with Gasteiger partial charge in [-0.3, -0.25) is 4.79 Å². The van der Waals surface area contributed by atoms with Gasteiger partial charge in [-0.2, -0.15) is 0 Å². The van der Waals surface area contributed by atoms with Crippen LogP contribution in [-0.4, -0.2) is 59.9 Å². The minimum Gasteiger partial charge on any atom is -0.369 e. The minimum absolute atomic E-state index is 0.0373. The van der Waals surface area contributed by atoms with E-state index in [9.17, 15) is 4.79 Å². The molecule has 27 heavy (non-hydrogen) atoms. The van der Waals surface area contributed by atoms with E-state index in [-0.39, 0.29) is 11.9 Å². The van der Waals surface area contributed by atoms with E-state index in [0.717, 1.165) is 49.4 Å². The maximum atomic E-state index is 13.0. The number of nitrogens with zero attached hydrogens (tertiary/aromatic N) is 3. The molecule has 0 radical (unpaired) electrons. The molecule has 2 aliphatic heterocycles. The Morgan fingerprint density at radius 2 is 2.00 bits per heavy atom. The highest BCUT2D eigenvalue weighted by molar-refractivity contribution is 5.96. The molecule has 0 aromatic heterocycles. The molecule has 1 unspecified atom stereocenters. The highest BCUT2D eigenvalue weighted by atomic mass is 16.2. The summed E-state index contributed by atoms with van der Waals surface area (Å²) >= 11 is 0. The summed E-state index contributed by atoms with van der Waals surface area (Å²) in [5.41, 5.74) is 4.44. The van der Waals surface area contributed by atoms with Gasteiger partial charge in [-0.15, -0.1) is 0 Å². The first-order chi connectivity index (χ1) is 12.9.